The van der Waals surface area contributed by atoms with Crippen molar-refractivity contribution in [1.82, 2.24) is 5.06 Å². The van der Waals surface area contributed by atoms with Gasteiger partial charge < -0.3 is 4.74 Å². The molecule has 0 amide bonds. The highest BCUT2D eigenvalue weighted by Crippen LogP contribution is 2.44. The molecule has 0 aliphatic carbocycles. The van der Waals surface area contributed by atoms with E-state index in [9.17, 15) is 14.8 Å². The largest absolute Gasteiger partial charge is 0.457 e. The molecule has 0 N–H and O–H groups in total. The Balaban J connectivity index is 2.44. The van der Waals surface area contributed by atoms with Crippen molar-refractivity contribution in [2.75, 3.05) is 6.61 Å². The topological polar surface area (TPSA) is 66.5 Å². The quantitative estimate of drug-likeness (QED) is 0.509. The molecule has 1 aliphatic rings. The zero-order chi connectivity index (χ0) is 17.0. The maximum absolute atomic E-state index is 12.2. The number of ketones is 1. The van der Waals surface area contributed by atoms with Crippen molar-refractivity contribution < 1.29 is 19.5 Å². The molecule has 1 unspecified atom stereocenters. The minimum atomic E-state index is -0.801. The average Bonchev–Trinajstić information content (AvgIpc) is 2.61. The van der Waals surface area contributed by atoms with Gasteiger partial charge in [0.1, 0.15) is 6.61 Å². The number of unbranched alkanes of at least 4 members (excludes halogenated alkanes) is 3. The molecule has 22 heavy (non-hydrogen) atoms. The van der Waals surface area contributed by atoms with E-state index < -0.39 is 23.0 Å². The highest BCUT2D eigenvalue weighted by molar-refractivity contribution is 5.83. The van der Waals surface area contributed by atoms with Gasteiger partial charge in [-0.15, -0.1) is 10.3 Å². The first-order valence-corrected chi connectivity index (χ1v) is 8.28. The third-order valence-electron chi connectivity index (χ3n) is 4.60. The number of rotatable bonds is 8. The van der Waals surface area contributed by atoms with Crippen molar-refractivity contribution in [2.45, 2.75) is 84.2 Å². The predicted octanol–water partition coefficient (Wildman–Crippen LogP) is 3.29. The van der Waals surface area contributed by atoms with E-state index in [4.69, 9.17) is 4.74 Å². The predicted molar refractivity (Wildman–Crippen MR) is 83.5 cm³/mol. The van der Waals surface area contributed by atoms with Crippen LogP contribution in [-0.2, 0) is 19.5 Å². The van der Waals surface area contributed by atoms with Gasteiger partial charge in [-0.05, 0) is 40.5 Å². The molecule has 0 saturated carbocycles. The van der Waals surface area contributed by atoms with Gasteiger partial charge in [-0.3, -0.25) is 9.59 Å². The third-order valence-corrected chi connectivity index (χ3v) is 4.60. The fourth-order valence-corrected chi connectivity index (χ4v) is 3.20. The minimum Gasteiger partial charge on any atom is -0.457 e. The molecular weight excluding hydrogens is 282 g/mol. The number of hydrogen-bond acceptors (Lipinski definition) is 4. The first-order chi connectivity index (χ1) is 10.1. The van der Waals surface area contributed by atoms with E-state index in [-0.39, 0.29) is 12.4 Å². The molecule has 1 aliphatic heterocycles. The van der Waals surface area contributed by atoms with Crippen LogP contribution in [0.3, 0.4) is 0 Å². The molecule has 1 saturated heterocycles. The summed E-state index contributed by atoms with van der Waals surface area (Å²) in [5.74, 6) is -0.968. The van der Waals surface area contributed by atoms with Crippen LogP contribution in [-0.4, -0.2) is 34.5 Å². The van der Waals surface area contributed by atoms with E-state index in [0.29, 0.717) is 12.8 Å². The van der Waals surface area contributed by atoms with Crippen LogP contribution in [0.25, 0.3) is 0 Å². The van der Waals surface area contributed by atoms with Crippen LogP contribution in [0.5, 0.6) is 0 Å². The minimum absolute atomic E-state index is 0.0431. The van der Waals surface area contributed by atoms with Crippen LogP contribution >= 0.6 is 0 Å². The highest BCUT2D eigenvalue weighted by atomic mass is 16.5. The molecule has 5 heteroatoms. The van der Waals surface area contributed by atoms with Crippen LogP contribution in [0.1, 0.15) is 73.1 Å². The Morgan fingerprint density at radius 1 is 1.14 bits per heavy atom. The molecule has 0 aromatic heterocycles. The second-order valence-electron chi connectivity index (χ2n) is 7.47. The normalized spacial score (nSPS) is 23.5. The summed E-state index contributed by atoms with van der Waals surface area (Å²) in [6.07, 6.45) is 5.04. The molecule has 1 fully saturated rings. The molecule has 1 rings (SSSR count). The Kier molecular flexibility index (Phi) is 6.56. The number of carbonyl (C=O) groups excluding carboxylic acids is 2. The standard InChI is InChI=1S/C17H30NO4/c1-6-7-8-9-10-13(19)12-22-15(20)14-11-16(2,3)18(21)17(14,4)5/h14H,6-12H2,1-5H3. The molecule has 1 radical (unpaired) electrons. The number of esters is 1. The van der Waals surface area contributed by atoms with Crippen molar-refractivity contribution >= 4 is 11.8 Å². The number of Topliss-reactive ketones (excluding diaryl/α,β-unsaturated/α-hetero) is 1. The second kappa shape index (κ2) is 7.55. The van der Waals surface area contributed by atoms with Gasteiger partial charge in [-0.25, -0.2) is 0 Å². The van der Waals surface area contributed by atoms with E-state index in [1.807, 2.05) is 13.8 Å². The van der Waals surface area contributed by atoms with Crippen LogP contribution in [0.2, 0.25) is 0 Å². The second-order valence-corrected chi connectivity index (χ2v) is 7.47. The summed E-state index contributed by atoms with van der Waals surface area (Å²) >= 11 is 0. The number of carbonyl (C=O) groups is 2. The Labute approximate surface area is 134 Å². The molecule has 1 heterocycles. The lowest BCUT2D eigenvalue weighted by Gasteiger charge is -2.32. The molecular formula is C17H30NO4. The Bertz CT molecular complexity index is 403. The molecule has 0 aromatic rings. The molecule has 0 spiro atoms. The smallest absolute Gasteiger partial charge is 0.311 e. The monoisotopic (exact) mass is 312 g/mol. The highest BCUT2D eigenvalue weighted by Gasteiger charge is 2.55. The SMILES string of the molecule is CCCCCCC(=O)COC(=O)C1CC(C)(C)N([O])C1(C)C. The Hall–Kier alpha value is -0.940. The van der Waals surface area contributed by atoms with E-state index in [1.54, 1.807) is 13.8 Å². The van der Waals surface area contributed by atoms with E-state index >= 15 is 0 Å². The van der Waals surface area contributed by atoms with Gasteiger partial charge in [0.05, 0.1) is 11.5 Å². The number of nitrogens with zero attached hydrogens (tertiary/aromatic N) is 1. The fourth-order valence-electron chi connectivity index (χ4n) is 3.20. The van der Waals surface area contributed by atoms with Crippen LogP contribution < -0.4 is 0 Å². The van der Waals surface area contributed by atoms with Crippen LogP contribution in [0, 0.1) is 5.92 Å². The van der Waals surface area contributed by atoms with Gasteiger partial charge in [0.25, 0.3) is 0 Å². The van der Waals surface area contributed by atoms with Crippen LogP contribution in [0.15, 0.2) is 0 Å². The molecule has 127 valence electrons. The van der Waals surface area contributed by atoms with Gasteiger partial charge in [-0.1, -0.05) is 26.2 Å². The maximum Gasteiger partial charge on any atom is 0.311 e. The van der Waals surface area contributed by atoms with Crippen molar-refractivity contribution in [3.63, 3.8) is 0 Å². The maximum atomic E-state index is 12.2. The lowest BCUT2D eigenvalue weighted by Crippen LogP contribution is -2.47. The molecule has 1 atom stereocenters. The number of ether oxygens (including phenoxy) is 1. The summed E-state index contributed by atoms with van der Waals surface area (Å²) < 4.78 is 5.17. The van der Waals surface area contributed by atoms with Gasteiger partial charge in [0, 0.05) is 12.0 Å². The van der Waals surface area contributed by atoms with Gasteiger partial charge in [0.2, 0.25) is 0 Å². The van der Waals surface area contributed by atoms with Crippen molar-refractivity contribution in [3.05, 3.63) is 0 Å². The van der Waals surface area contributed by atoms with Crippen molar-refractivity contribution in [2.24, 2.45) is 5.92 Å². The lowest BCUT2D eigenvalue weighted by molar-refractivity contribution is -0.248. The van der Waals surface area contributed by atoms with E-state index in [2.05, 4.69) is 6.92 Å². The Morgan fingerprint density at radius 3 is 2.27 bits per heavy atom. The molecule has 0 bridgehead atoms. The van der Waals surface area contributed by atoms with Gasteiger partial charge >= 0.3 is 5.97 Å². The summed E-state index contributed by atoms with van der Waals surface area (Å²) in [5.41, 5.74) is -1.39. The van der Waals surface area contributed by atoms with Gasteiger partial charge in [-0.2, -0.15) is 0 Å². The van der Waals surface area contributed by atoms with Gasteiger partial charge in [0.15, 0.2) is 5.78 Å². The average molecular weight is 312 g/mol. The zero-order valence-electron chi connectivity index (χ0n) is 14.6. The third kappa shape index (κ3) is 4.53. The first kappa shape index (κ1) is 19.1. The summed E-state index contributed by atoms with van der Waals surface area (Å²) in [7, 11) is 0. The fraction of sp³-hybridized carbons (Fsp3) is 0.882. The van der Waals surface area contributed by atoms with Crippen molar-refractivity contribution in [3.8, 4) is 0 Å². The summed E-state index contributed by atoms with van der Waals surface area (Å²) in [6.45, 7) is 9.12. The lowest BCUT2D eigenvalue weighted by atomic mass is 9.87. The van der Waals surface area contributed by atoms with E-state index in [0.717, 1.165) is 30.7 Å². The molecule has 0 aromatic carbocycles. The summed E-state index contributed by atoms with van der Waals surface area (Å²) in [4.78, 5) is 24.0. The number of hydrogen-bond donors (Lipinski definition) is 0. The van der Waals surface area contributed by atoms with Crippen molar-refractivity contribution in [1.29, 1.82) is 0 Å². The zero-order valence-corrected chi connectivity index (χ0v) is 14.6. The Morgan fingerprint density at radius 2 is 1.77 bits per heavy atom. The summed E-state index contributed by atoms with van der Waals surface area (Å²) in [5, 5.41) is 13.2. The summed E-state index contributed by atoms with van der Waals surface area (Å²) in [6, 6.07) is 0. The first-order valence-electron chi connectivity index (χ1n) is 8.28. The van der Waals surface area contributed by atoms with E-state index in [1.165, 1.54) is 0 Å². The molecule has 5 nitrogen and oxygen atoms in total. The van der Waals surface area contributed by atoms with Crippen LogP contribution in [0.4, 0.5) is 0 Å². The number of hydroxylamine groups is 2.